The van der Waals surface area contributed by atoms with Crippen LogP contribution in [0.15, 0.2) is 45.8 Å². The van der Waals surface area contributed by atoms with E-state index in [2.05, 4.69) is 15.9 Å². The summed E-state index contributed by atoms with van der Waals surface area (Å²) in [5.74, 6) is 0.776. The fourth-order valence-electron chi connectivity index (χ4n) is 2.80. The third-order valence-electron chi connectivity index (χ3n) is 4.35. The van der Waals surface area contributed by atoms with Crippen LogP contribution in [0.1, 0.15) is 18.1 Å². The summed E-state index contributed by atoms with van der Waals surface area (Å²) >= 11 is 10.4. The number of thioether (sulfide) groups is 1. The Morgan fingerprint density at radius 2 is 1.84 bits per heavy atom. The highest BCUT2D eigenvalue weighted by Crippen LogP contribution is 2.38. The van der Waals surface area contributed by atoms with Crippen LogP contribution in [0.2, 0.25) is 5.02 Å². The maximum atomic E-state index is 12.6. The lowest BCUT2D eigenvalue weighted by molar-refractivity contribution is -0.123. The molecule has 6 nitrogen and oxygen atoms in total. The molecule has 1 aliphatic heterocycles. The molecule has 0 bridgehead atoms. The molecule has 1 fully saturated rings. The molecule has 0 aliphatic carbocycles. The van der Waals surface area contributed by atoms with Gasteiger partial charge in [0.25, 0.3) is 11.1 Å². The van der Waals surface area contributed by atoms with E-state index in [1.165, 1.54) is 12.0 Å². The van der Waals surface area contributed by atoms with Gasteiger partial charge in [0.05, 0.1) is 24.7 Å². The van der Waals surface area contributed by atoms with E-state index >= 15 is 0 Å². The molecule has 31 heavy (non-hydrogen) atoms. The monoisotopic (exact) mass is 525 g/mol. The van der Waals surface area contributed by atoms with Crippen molar-refractivity contribution in [1.29, 1.82) is 0 Å². The minimum Gasteiger partial charge on any atom is -0.490 e. The fraction of sp³-hybridized carbons (Fsp3) is 0.273. The van der Waals surface area contributed by atoms with Gasteiger partial charge in [-0.05, 0) is 60.2 Å². The highest BCUT2D eigenvalue weighted by atomic mass is 79.9. The van der Waals surface area contributed by atoms with Crippen LogP contribution in [-0.4, -0.2) is 42.9 Å². The Morgan fingerprint density at radius 3 is 2.52 bits per heavy atom. The highest BCUT2D eigenvalue weighted by Gasteiger charge is 2.34. The highest BCUT2D eigenvalue weighted by molar-refractivity contribution is 9.10. The zero-order valence-electron chi connectivity index (χ0n) is 17.0. The molecule has 0 spiro atoms. The number of imide groups is 1. The zero-order chi connectivity index (χ0) is 22.4. The van der Waals surface area contributed by atoms with E-state index in [4.69, 9.17) is 25.8 Å². The second kappa shape index (κ2) is 11.0. The first kappa shape index (κ1) is 23.7. The molecule has 1 heterocycles. The van der Waals surface area contributed by atoms with Crippen molar-refractivity contribution in [2.75, 3.05) is 26.9 Å². The summed E-state index contributed by atoms with van der Waals surface area (Å²) in [7, 11) is 1.53. The molecule has 9 heteroatoms. The van der Waals surface area contributed by atoms with Crippen LogP contribution in [-0.2, 0) is 16.1 Å². The molecule has 0 N–H and O–H groups in total. The SMILES string of the molecule is CCOc1cc(/C=C2/SC(=O)N(CCOC)C2=O)c(Br)cc1OCc1ccc(Cl)cc1. The zero-order valence-corrected chi connectivity index (χ0v) is 20.2. The Balaban J connectivity index is 1.82. The molecular formula is C22H21BrClNO5S. The number of methoxy groups -OCH3 is 1. The summed E-state index contributed by atoms with van der Waals surface area (Å²) in [4.78, 5) is 26.3. The molecule has 2 aromatic carbocycles. The molecule has 3 rings (SSSR count). The van der Waals surface area contributed by atoms with Gasteiger partial charge in [-0.1, -0.05) is 39.7 Å². The molecule has 0 atom stereocenters. The number of benzene rings is 2. The average Bonchev–Trinajstić information content (AvgIpc) is 3.01. The van der Waals surface area contributed by atoms with Gasteiger partial charge in [-0.2, -0.15) is 0 Å². The van der Waals surface area contributed by atoms with Gasteiger partial charge in [0.1, 0.15) is 6.61 Å². The number of ether oxygens (including phenoxy) is 3. The molecule has 1 aliphatic rings. The van der Waals surface area contributed by atoms with Crippen LogP contribution >= 0.6 is 39.3 Å². The molecule has 0 unspecified atom stereocenters. The van der Waals surface area contributed by atoms with E-state index in [-0.39, 0.29) is 17.7 Å². The predicted octanol–water partition coefficient (Wildman–Crippen LogP) is 5.76. The van der Waals surface area contributed by atoms with Crippen LogP contribution in [0.4, 0.5) is 4.79 Å². The third kappa shape index (κ3) is 6.04. The van der Waals surface area contributed by atoms with Crippen molar-refractivity contribution in [2.24, 2.45) is 0 Å². The average molecular weight is 527 g/mol. The smallest absolute Gasteiger partial charge is 0.293 e. The third-order valence-corrected chi connectivity index (χ3v) is 6.20. The van der Waals surface area contributed by atoms with Gasteiger partial charge in [-0.3, -0.25) is 14.5 Å². The van der Waals surface area contributed by atoms with Gasteiger partial charge < -0.3 is 14.2 Å². The lowest BCUT2D eigenvalue weighted by Gasteiger charge is -2.14. The number of halogens is 2. The lowest BCUT2D eigenvalue weighted by Crippen LogP contribution is -2.31. The van der Waals surface area contributed by atoms with Crippen LogP contribution in [0.3, 0.4) is 0 Å². The molecule has 2 aromatic rings. The first-order valence-corrected chi connectivity index (χ1v) is 11.5. The van der Waals surface area contributed by atoms with Crippen molar-refractivity contribution in [3.63, 3.8) is 0 Å². The van der Waals surface area contributed by atoms with Gasteiger partial charge in [0, 0.05) is 16.6 Å². The van der Waals surface area contributed by atoms with Crippen LogP contribution in [0, 0.1) is 0 Å². The predicted molar refractivity (Wildman–Crippen MR) is 126 cm³/mol. The van der Waals surface area contributed by atoms with E-state index in [0.29, 0.717) is 51.3 Å². The van der Waals surface area contributed by atoms with Crippen LogP contribution in [0.25, 0.3) is 6.08 Å². The van der Waals surface area contributed by atoms with Crippen LogP contribution in [0.5, 0.6) is 11.5 Å². The first-order valence-electron chi connectivity index (χ1n) is 9.50. The summed E-state index contributed by atoms with van der Waals surface area (Å²) in [6.45, 7) is 3.20. The van der Waals surface area contributed by atoms with Crippen molar-refractivity contribution in [1.82, 2.24) is 4.90 Å². The maximum absolute atomic E-state index is 12.6. The van der Waals surface area contributed by atoms with Gasteiger partial charge >= 0.3 is 0 Å². The number of amides is 2. The topological polar surface area (TPSA) is 65.1 Å². The van der Waals surface area contributed by atoms with Gasteiger partial charge in [-0.15, -0.1) is 0 Å². The minimum atomic E-state index is -0.333. The van der Waals surface area contributed by atoms with E-state index in [9.17, 15) is 9.59 Å². The summed E-state index contributed by atoms with van der Waals surface area (Å²) < 4.78 is 17.4. The van der Waals surface area contributed by atoms with Crippen molar-refractivity contribution in [2.45, 2.75) is 13.5 Å². The van der Waals surface area contributed by atoms with Crippen molar-refractivity contribution < 1.29 is 23.8 Å². The molecule has 0 radical (unpaired) electrons. The number of hydrogen-bond donors (Lipinski definition) is 0. The van der Waals surface area contributed by atoms with E-state index in [0.717, 1.165) is 17.3 Å². The summed E-state index contributed by atoms with van der Waals surface area (Å²) in [6.07, 6.45) is 1.67. The molecule has 0 saturated carbocycles. The number of nitrogens with zero attached hydrogens (tertiary/aromatic N) is 1. The van der Waals surface area contributed by atoms with E-state index in [1.807, 2.05) is 31.2 Å². The molecule has 2 amide bonds. The van der Waals surface area contributed by atoms with E-state index < -0.39 is 0 Å². The normalized spacial score (nSPS) is 15.1. The minimum absolute atomic E-state index is 0.224. The lowest BCUT2D eigenvalue weighted by atomic mass is 10.1. The molecular weight excluding hydrogens is 506 g/mol. The second-order valence-electron chi connectivity index (χ2n) is 6.49. The second-order valence-corrected chi connectivity index (χ2v) is 8.78. The van der Waals surface area contributed by atoms with Crippen molar-refractivity contribution in [3.05, 3.63) is 61.9 Å². The maximum Gasteiger partial charge on any atom is 0.293 e. The molecule has 1 saturated heterocycles. The quantitative estimate of drug-likeness (QED) is 0.387. The van der Waals surface area contributed by atoms with Gasteiger partial charge in [0.15, 0.2) is 11.5 Å². The largest absolute Gasteiger partial charge is 0.490 e. The summed E-state index contributed by atoms with van der Waals surface area (Å²) in [5, 5.41) is 0.356. The number of carbonyl (C=O) groups is 2. The van der Waals surface area contributed by atoms with Gasteiger partial charge in [0.2, 0.25) is 0 Å². The van der Waals surface area contributed by atoms with Crippen molar-refractivity contribution in [3.8, 4) is 11.5 Å². The first-order chi connectivity index (χ1) is 14.9. The Kier molecular flexibility index (Phi) is 8.43. The molecule has 0 aromatic heterocycles. The molecule has 164 valence electrons. The number of carbonyl (C=O) groups excluding carboxylic acids is 2. The number of hydrogen-bond acceptors (Lipinski definition) is 6. The number of rotatable bonds is 9. The Labute approximate surface area is 198 Å². The van der Waals surface area contributed by atoms with Gasteiger partial charge in [-0.25, -0.2) is 0 Å². The fourth-order valence-corrected chi connectivity index (χ4v) is 4.22. The summed E-state index contributed by atoms with van der Waals surface area (Å²) in [5.41, 5.74) is 1.68. The standard InChI is InChI=1S/C22H21BrClNO5S/c1-3-29-18-10-15(11-20-21(26)25(8-9-28-2)22(27)31-20)17(23)12-19(18)30-13-14-4-6-16(24)7-5-14/h4-7,10-12H,3,8-9,13H2,1-2H3/b20-11+. The Hall–Kier alpha value is -2.00. The van der Waals surface area contributed by atoms with Crippen molar-refractivity contribution >= 4 is 56.5 Å². The summed E-state index contributed by atoms with van der Waals surface area (Å²) in [6, 6.07) is 11.0. The van der Waals surface area contributed by atoms with E-state index in [1.54, 1.807) is 18.2 Å². The van der Waals surface area contributed by atoms with Crippen LogP contribution < -0.4 is 9.47 Å². The Bertz CT molecular complexity index is 996. The Morgan fingerprint density at radius 1 is 1.13 bits per heavy atom.